The summed E-state index contributed by atoms with van der Waals surface area (Å²) in [6.07, 6.45) is 0.196. The van der Waals surface area contributed by atoms with Gasteiger partial charge in [-0.15, -0.1) is 0 Å². The number of amides is 1. The zero-order chi connectivity index (χ0) is 35.6. The van der Waals surface area contributed by atoms with Gasteiger partial charge >= 0.3 is 24.1 Å². The van der Waals surface area contributed by atoms with Gasteiger partial charge in [0, 0.05) is 23.2 Å². The van der Waals surface area contributed by atoms with Crippen molar-refractivity contribution in [1.29, 1.82) is 0 Å². The molecule has 1 N–H and O–H groups in total. The molecule has 4 rings (SSSR count). The number of rotatable bonds is 12. The number of carbonyl (C=O) groups is 4. The molecule has 49 heavy (non-hydrogen) atoms. The Morgan fingerprint density at radius 1 is 0.816 bits per heavy atom. The molecule has 1 amide bonds. The van der Waals surface area contributed by atoms with Crippen molar-refractivity contribution >= 4 is 46.7 Å². The van der Waals surface area contributed by atoms with Crippen LogP contribution in [-0.2, 0) is 29.2 Å². The smallest absolute Gasteiger partial charge is 0.412 e. The third kappa shape index (κ3) is 8.66. The summed E-state index contributed by atoms with van der Waals surface area (Å²) >= 11 is 6.41. The van der Waals surface area contributed by atoms with Crippen LogP contribution in [0.5, 0.6) is 0 Å². The van der Waals surface area contributed by atoms with E-state index in [1.54, 1.807) is 62.4 Å². The lowest BCUT2D eigenvalue weighted by Gasteiger charge is -2.29. The van der Waals surface area contributed by atoms with Gasteiger partial charge in [-0.25, -0.2) is 4.79 Å². The summed E-state index contributed by atoms with van der Waals surface area (Å²) in [6.45, 7) is 2.84. The maximum atomic E-state index is 13.3. The number of hydrogen-bond donors (Lipinski definition) is 1. The lowest BCUT2D eigenvalue weighted by molar-refractivity contribution is -0.166. The molecule has 1 aliphatic carbocycles. The fourth-order valence-electron chi connectivity index (χ4n) is 5.18. The monoisotopic (exact) mass is 695 g/mol. The molecule has 256 valence electrons. The molecule has 0 saturated carbocycles. The van der Waals surface area contributed by atoms with Gasteiger partial charge in [0.25, 0.3) is 5.91 Å². The van der Waals surface area contributed by atoms with E-state index in [4.69, 9.17) is 25.8 Å². The van der Waals surface area contributed by atoms with E-state index in [1.807, 2.05) is 0 Å². The highest BCUT2D eigenvalue weighted by Crippen LogP contribution is 2.34. The van der Waals surface area contributed by atoms with Crippen LogP contribution >= 0.6 is 11.6 Å². The number of carbonyl (C=O) groups excluding carboxylic acids is 4. The summed E-state index contributed by atoms with van der Waals surface area (Å²) in [7, 11) is 0. The number of nitrogens with one attached hydrogen (secondary N) is 1. The second-order valence-corrected chi connectivity index (χ2v) is 11.1. The predicted octanol–water partition coefficient (Wildman–Crippen LogP) is 8.04. The minimum atomic E-state index is -4.47. The molecule has 3 aromatic carbocycles. The van der Waals surface area contributed by atoms with E-state index in [0.29, 0.717) is 16.7 Å². The first-order chi connectivity index (χ1) is 23.4. The molecule has 1 aliphatic rings. The summed E-state index contributed by atoms with van der Waals surface area (Å²) in [5.41, 5.74) is -1.05. The van der Waals surface area contributed by atoms with Crippen molar-refractivity contribution in [1.82, 2.24) is 0 Å². The molecule has 0 atom stereocenters. The van der Waals surface area contributed by atoms with E-state index in [0.717, 1.165) is 6.08 Å². The third-order valence-electron chi connectivity index (χ3n) is 7.62. The molecule has 0 fully saturated rings. The van der Waals surface area contributed by atoms with Gasteiger partial charge in [0.1, 0.15) is 0 Å². The lowest BCUT2D eigenvalue weighted by atomic mass is 9.77. The van der Waals surface area contributed by atoms with E-state index in [9.17, 15) is 32.3 Å². The Labute approximate surface area is 286 Å². The molecule has 0 saturated heterocycles. The Balaban J connectivity index is 1.49. The average molecular weight is 696 g/mol. The van der Waals surface area contributed by atoms with Crippen molar-refractivity contribution in [2.45, 2.75) is 38.3 Å². The quantitative estimate of drug-likeness (QED) is 0.116. The molecule has 0 aliphatic heterocycles. The standard InChI is InChI=1S/C37H33ClF3NO7/c1-3-47-34(45)36(35(46)48-4-2,25-12-6-5-7-13-25)21-22-49-33(44)30-20-19-27(23-31(30)38)42-32(43)29-16-9-8-15-28(29)24-11-10-14-26(18-17-24)37(39,40)41/h5-13,15-20,23H,3-4,14,21-22H2,1-2H3,(H,42,43). The highest BCUT2D eigenvalue weighted by atomic mass is 35.5. The van der Waals surface area contributed by atoms with Crippen molar-refractivity contribution in [2.24, 2.45) is 0 Å². The molecule has 0 heterocycles. The molecule has 0 unspecified atom stereocenters. The van der Waals surface area contributed by atoms with E-state index in [-0.39, 0.29) is 54.5 Å². The van der Waals surface area contributed by atoms with E-state index >= 15 is 0 Å². The second kappa shape index (κ2) is 16.3. The maximum absolute atomic E-state index is 13.3. The first-order valence-electron chi connectivity index (χ1n) is 15.3. The third-order valence-corrected chi connectivity index (χ3v) is 7.93. The maximum Gasteiger partial charge on any atom is 0.412 e. The van der Waals surface area contributed by atoms with Gasteiger partial charge in [0.15, 0.2) is 5.41 Å². The summed E-state index contributed by atoms with van der Waals surface area (Å²) in [4.78, 5) is 52.8. The SMILES string of the molecule is CCOC(=O)C(CCOC(=O)c1ccc(NC(=O)c2ccccc2C2=CC=C(C(F)(F)F)CC=C2)cc1Cl)(C(=O)OCC)c1ccccc1. The molecular formula is C37H33ClF3NO7. The molecule has 8 nitrogen and oxygen atoms in total. The van der Waals surface area contributed by atoms with E-state index in [2.05, 4.69) is 5.32 Å². The first kappa shape index (κ1) is 36.7. The second-order valence-electron chi connectivity index (χ2n) is 10.7. The highest BCUT2D eigenvalue weighted by molar-refractivity contribution is 6.34. The number of ether oxygens (including phenoxy) is 3. The van der Waals surface area contributed by atoms with Crippen LogP contribution in [0.15, 0.2) is 103 Å². The van der Waals surface area contributed by atoms with Crippen molar-refractivity contribution < 1.29 is 46.6 Å². The molecule has 3 aromatic rings. The fraction of sp³-hybridized carbons (Fsp3) is 0.243. The number of halogens is 4. The Morgan fingerprint density at radius 3 is 2.10 bits per heavy atom. The Kier molecular flexibility index (Phi) is 12.2. The van der Waals surface area contributed by atoms with Gasteiger partial charge < -0.3 is 19.5 Å². The minimum absolute atomic E-state index is 0.00570. The average Bonchev–Trinajstić information content (AvgIpc) is 3.34. The van der Waals surface area contributed by atoms with E-state index in [1.165, 1.54) is 42.5 Å². The zero-order valence-corrected chi connectivity index (χ0v) is 27.4. The molecule has 12 heteroatoms. The van der Waals surface area contributed by atoms with Gasteiger partial charge in [-0.2, -0.15) is 13.2 Å². The van der Waals surface area contributed by atoms with Crippen LogP contribution in [0.1, 0.15) is 58.5 Å². The summed E-state index contributed by atoms with van der Waals surface area (Å²) < 4.78 is 55.6. The minimum Gasteiger partial charge on any atom is -0.465 e. The van der Waals surface area contributed by atoms with Crippen LogP contribution in [0.3, 0.4) is 0 Å². The molecular weight excluding hydrogens is 663 g/mol. The van der Waals surface area contributed by atoms with Crippen molar-refractivity contribution in [3.05, 3.63) is 130 Å². The van der Waals surface area contributed by atoms with E-state index < -0.39 is 41.0 Å². The number of hydrogen-bond acceptors (Lipinski definition) is 7. The predicted molar refractivity (Wildman–Crippen MR) is 178 cm³/mol. The van der Waals surface area contributed by atoms with Crippen molar-refractivity contribution in [3.8, 4) is 0 Å². The van der Waals surface area contributed by atoms with Crippen LogP contribution in [0.2, 0.25) is 5.02 Å². The molecule has 0 bridgehead atoms. The van der Waals surface area contributed by atoms with Gasteiger partial charge in [-0.05, 0) is 61.2 Å². The van der Waals surface area contributed by atoms with Gasteiger partial charge in [0.05, 0.1) is 30.4 Å². The van der Waals surface area contributed by atoms with Gasteiger partial charge in [-0.3, -0.25) is 14.4 Å². The number of benzene rings is 3. The fourth-order valence-corrected chi connectivity index (χ4v) is 5.44. The van der Waals surface area contributed by atoms with Crippen LogP contribution in [0.4, 0.5) is 18.9 Å². The van der Waals surface area contributed by atoms with Gasteiger partial charge in [0.2, 0.25) is 0 Å². The van der Waals surface area contributed by atoms with Crippen LogP contribution in [-0.4, -0.2) is 49.8 Å². The normalized spacial score (nSPS) is 13.0. The van der Waals surface area contributed by atoms with Gasteiger partial charge in [-0.1, -0.05) is 84.4 Å². The zero-order valence-electron chi connectivity index (χ0n) is 26.6. The summed E-state index contributed by atoms with van der Waals surface area (Å²) in [5.74, 6) is -3.09. The molecule has 0 aromatic heterocycles. The first-order valence-corrected chi connectivity index (χ1v) is 15.7. The molecule has 0 radical (unpaired) electrons. The van der Waals surface area contributed by atoms with Crippen molar-refractivity contribution in [2.75, 3.05) is 25.1 Å². The summed E-state index contributed by atoms with van der Waals surface area (Å²) in [6, 6.07) is 18.8. The number of esters is 3. The van der Waals surface area contributed by atoms with Crippen LogP contribution in [0.25, 0.3) is 5.57 Å². The topological polar surface area (TPSA) is 108 Å². The van der Waals surface area contributed by atoms with Crippen LogP contribution in [0, 0.1) is 0 Å². The number of anilines is 1. The highest BCUT2D eigenvalue weighted by Gasteiger charge is 2.50. The van der Waals surface area contributed by atoms with Crippen LogP contribution < -0.4 is 5.32 Å². The van der Waals surface area contributed by atoms with Crippen molar-refractivity contribution in [3.63, 3.8) is 0 Å². The number of allylic oxidation sites excluding steroid dienone is 6. The summed E-state index contributed by atoms with van der Waals surface area (Å²) in [5, 5.41) is 2.64. The molecule has 0 spiro atoms. The largest absolute Gasteiger partial charge is 0.465 e. The lowest BCUT2D eigenvalue weighted by Crippen LogP contribution is -2.47. The number of alkyl halides is 3. The Bertz CT molecular complexity index is 1780. The Morgan fingerprint density at radius 2 is 1.47 bits per heavy atom. The Hall–Kier alpha value is -5.16.